The van der Waals surface area contributed by atoms with E-state index in [2.05, 4.69) is 26.2 Å². The van der Waals surface area contributed by atoms with Crippen LogP contribution in [0.4, 0.5) is 0 Å². The standard InChI is InChI=1S/C12H13BrN2OS/c13-12-4-3-11(17-12)10(16)8-15-7-9-2-1-5-14-6-9/h1-6,10,15-16H,7-8H2. The number of aromatic nitrogens is 1. The third-order valence-corrected chi connectivity index (χ3v) is 4.04. The highest BCUT2D eigenvalue weighted by Gasteiger charge is 2.09. The summed E-state index contributed by atoms with van der Waals surface area (Å²) in [6.07, 6.45) is 3.12. The van der Waals surface area contributed by atoms with E-state index in [4.69, 9.17) is 0 Å². The minimum atomic E-state index is -0.456. The molecule has 0 aliphatic rings. The van der Waals surface area contributed by atoms with E-state index >= 15 is 0 Å². The summed E-state index contributed by atoms with van der Waals surface area (Å²) in [7, 11) is 0. The molecule has 0 aromatic carbocycles. The topological polar surface area (TPSA) is 45.1 Å². The van der Waals surface area contributed by atoms with Crippen LogP contribution in [0.5, 0.6) is 0 Å². The van der Waals surface area contributed by atoms with Crippen molar-refractivity contribution in [1.82, 2.24) is 10.3 Å². The van der Waals surface area contributed by atoms with Crippen LogP contribution >= 0.6 is 27.3 Å². The predicted molar refractivity (Wildman–Crippen MR) is 72.9 cm³/mol. The van der Waals surface area contributed by atoms with Crippen molar-refractivity contribution in [3.63, 3.8) is 0 Å². The van der Waals surface area contributed by atoms with Gasteiger partial charge in [-0.25, -0.2) is 0 Å². The summed E-state index contributed by atoms with van der Waals surface area (Å²) in [6, 6.07) is 7.80. The Labute approximate surface area is 113 Å². The molecule has 0 aliphatic heterocycles. The SMILES string of the molecule is OC(CNCc1cccnc1)c1ccc(Br)s1. The zero-order valence-corrected chi connectivity index (χ0v) is 11.5. The second-order valence-electron chi connectivity index (χ2n) is 3.65. The summed E-state index contributed by atoms with van der Waals surface area (Å²) in [6.45, 7) is 1.26. The molecule has 1 unspecified atom stereocenters. The summed E-state index contributed by atoms with van der Waals surface area (Å²) in [4.78, 5) is 5.01. The molecule has 0 fully saturated rings. The molecule has 1 atom stereocenters. The second kappa shape index (κ2) is 6.26. The molecule has 5 heteroatoms. The van der Waals surface area contributed by atoms with Crippen LogP contribution < -0.4 is 5.32 Å². The fourth-order valence-corrected chi connectivity index (χ4v) is 2.87. The molecule has 0 amide bonds. The predicted octanol–water partition coefficient (Wildman–Crippen LogP) is 2.73. The number of aliphatic hydroxyl groups excluding tert-OH is 1. The summed E-state index contributed by atoms with van der Waals surface area (Å²) in [5.41, 5.74) is 1.12. The van der Waals surface area contributed by atoms with Crippen LogP contribution in [0.25, 0.3) is 0 Å². The zero-order valence-electron chi connectivity index (χ0n) is 9.14. The van der Waals surface area contributed by atoms with Gasteiger partial charge in [-0.05, 0) is 39.7 Å². The van der Waals surface area contributed by atoms with Crippen molar-refractivity contribution in [2.24, 2.45) is 0 Å². The molecule has 0 radical (unpaired) electrons. The first-order valence-corrected chi connectivity index (χ1v) is 6.89. The molecule has 0 saturated carbocycles. The van der Waals surface area contributed by atoms with Crippen molar-refractivity contribution in [2.45, 2.75) is 12.6 Å². The molecule has 2 heterocycles. The van der Waals surface area contributed by atoms with Gasteiger partial charge in [-0.2, -0.15) is 0 Å². The fourth-order valence-electron chi connectivity index (χ4n) is 1.46. The largest absolute Gasteiger partial charge is 0.386 e. The molecular weight excluding hydrogens is 300 g/mol. The number of rotatable bonds is 5. The van der Waals surface area contributed by atoms with Gasteiger partial charge in [0.2, 0.25) is 0 Å². The highest BCUT2D eigenvalue weighted by molar-refractivity contribution is 9.11. The maximum atomic E-state index is 9.92. The number of aliphatic hydroxyl groups is 1. The summed E-state index contributed by atoms with van der Waals surface area (Å²) in [5, 5.41) is 13.1. The van der Waals surface area contributed by atoms with Crippen molar-refractivity contribution in [1.29, 1.82) is 0 Å². The van der Waals surface area contributed by atoms with Gasteiger partial charge in [-0.15, -0.1) is 11.3 Å². The zero-order chi connectivity index (χ0) is 12.1. The third kappa shape index (κ3) is 3.89. The molecule has 0 aliphatic carbocycles. The van der Waals surface area contributed by atoms with Gasteiger partial charge in [0.15, 0.2) is 0 Å². The molecule has 0 bridgehead atoms. The van der Waals surface area contributed by atoms with Gasteiger partial charge in [0.25, 0.3) is 0 Å². The van der Waals surface area contributed by atoms with Crippen LogP contribution in [-0.2, 0) is 6.54 Å². The first kappa shape index (κ1) is 12.7. The third-order valence-electron chi connectivity index (χ3n) is 2.31. The molecule has 2 rings (SSSR count). The number of pyridine rings is 1. The van der Waals surface area contributed by atoms with Gasteiger partial charge in [-0.1, -0.05) is 6.07 Å². The van der Waals surface area contributed by atoms with Crippen LogP contribution in [0.1, 0.15) is 16.5 Å². The van der Waals surface area contributed by atoms with Crippen molar-refractivity contribution in [3.8, 4) is 0 Å². The van der Waals surface area contributed by atoms with Crippen LogP contribution in [0.3, 0.4) is 0 Å². The quantitative estimate of drug-likeness (QED) is 0.892. The first-order valence-electron chi connectivity index (χ1n) is 5.28. The van der Waals surface area contributed by atoms with Gasteiger partial charge in [-0.3, -0.25) is 4.98 Å². The van der Waals surface area contributed by atoms with Gasteiger partial charge in [0.1, 0.15) is 6.10 Å². The molecule has 2 aromatic heterocycles. The minimum absolute atomic E-state index is 0.456. The Kier molecular flexibility index (Phi) is 4.67. The van der Waals surface area contributed by atoms with E-state index in [1.165, 1.54) is 0 Å². The lowest BCUT2D eigenvalue weighted by Gasteiger charge is -2.09. The highest BCUT2D eigenvalue weighted by Crippen LogP contribution is 2.26. The smallest absolute Gasteiger partial charge is 0.101 e. The Hall–Kier alpha value is -0.750. The lowest BCUT2D eigenvalue weighted by atomic mass is 10.2. The van der Waals surface area contributed by atoms with Crippen LogP contribution in [0.2, 0.25) is 0 Å². The van der Waals surface area contributed by atoms with E-state index in [0.29, 0.717) is 6.54 Å². The van der Waals surface area contributed by atoms with Gasteiger partial charge >= 0.3 is 0 Å². The molecule has 90 valence electrons. The number of nitrogens with zero attached hydrogens (tertiary/aromatic N) is 1. The number of hydrogen-bond donors (Lipinski definition) is 2. The first-order chi connectivity index (χ1) is 8.25. The summed E-state index contributed by atoms with van der Waals surface area (Å²) in [5.74, 6) is 0. The minimum Gasteiger partial charge on any atom is -0.386 e. The molecule has 17 heavy (non-hydrogen) atoms. The van der Waals surface area contributed by atoms with Gasteiger partial charge in [0.05, 0.1) is 3.79 Å². The maximum Gasteiger partial charge on any atom is 0.101 e. The normalized spacial score (nSPS) is 12.6. The Morgan fingerprint density at radius 2 is 2.29 bits per heavy atom. The van der Waals surface area contributed by atoms with E-state index in [1.807, 2.05) is 30.5 Å². The van der Waals surface area contributed by atoms with Crippen molar-refractivity contribution in [3.05, 3.63) is 50.9 Å². The van der Waals surface area contributed by atoms with Crippen molar-refractivity contribution in [2.75, 3.05) is 6.54 Å². The average molecular weight is 313 g/mol. The second-order valence-corrected chi connectivity index (χ2v) is 6.14. The van der Waals surface area contributed by atoms with Crippen LogP contribution in [0, 0.1) is 0 Å². The van der Waals surface area contributed by atoms with Crippen LogP contribution in [0.15, 0.2) is 40.4 Å². The monoisotopic (exact) mass is 312 g/mol. The molecule has 0 spiro atoms. The Balaban J connectivity index is 1.79. The van der Waals surface area contributed by atoms with Gasteiger partial charge < -0.3 is 10.4 Å². The molecular formula is C12H13BrN2OS. The number of nitrogens with one attached hydrogen (secondary N) is 1. The fraction of sp³-hybridized carbons (Fsp3) is 0.250. The van der Waals surface area contributed by atoms with Gasteiger partial charge in [0, 0.05) is 30.4 Å². The highest BCUT2D eigenvalue weighted by atomic mass is 79.9. The lowest BCUT2D eigenvalue weighted by molar-refractivity contribution is 0.178. The molecule has 2 N–H and O–H groups in total. The Bertz CT molecular complexity index is 461. The lowest BCUT2D eigenvalue weighted by Crippen LogP contribution is -2.20. The van der Waals surface area contributed by atoms with E-state index in [-0.39, 0.29) is 0 Å². The van der Waals surface area contributed by atoms with E-state index in [1.54, 1.807) is 17.5 Å². The molecule has 3 nitrogen and oxygen atoms in total. The van der Waals surface area contributed by atoms with E-state index in [9.17, 15) is 5.11 Å². The molecule has 2 aromatic rings. The Morgan fingerprint density at radius 3 is 2.94 bits per heavy atom. The number of halogens is 1. The summed E-state index contributed by atoms with van der Waals surface area (Å²) < 4.78 is 1.04. The van der Waals surface area contributed by atoms with E-state index < -0.39 is 6.10 Å². The van der Waals surface area contributed by atoms with Crippen molar-refractivity contribution >= 4 is 27.3 Å². The van der Waals surface area contributed by atoms with Crippen LogP contribution in [-0.4, -0.2) is 16.6 Å². The molecule has 0 saturated heterocycles. The Morgan fingerprint density at radius 1 is 1.41 bits per heavy atom. The van der Waals surface area contributed by atoms with E-state index in [0.717, 1.165) is 20.8 Å². The average Bonchev–Trinajstić information content (AvgIpc) is 2.77. The van der Waals surface area contributed by atoms with Crippen molar-refractivity contribution < 1.29 is 5.11 Å². The summed E-state index contributed by atoms with van der Waals surface area (Å²) >= 11 is 4.94. The number of thiophene rings is 1. The number of hydrogen-bond acceptors (Lipinski definition) is 4. The maximum absolute atomic E-state index is 9.92.